The van der Waals surface area contributed by atoms with E-state index in [1.807, 2.05) is 6.92 Å². The van der Waals surface area contributed by atoms with Crippen molar-refractivity contribution in [1.82, 2.24) is 4.98 Å². The molecular formula is C27H25ClN4O5S2. The SMILES string of the molecule is Cc1ccc(S(=O)(=O)N(CC(=O)Nc2ccc(S(=O)(=O)Nc3ccccn3)cc2)c2cccc(Cl)c2C)cc1. The smallest absolute Gasteiger partial charge is 0.264 e. The van der Waals surface area contributed by atoms with Crippen LogP contribution in [-0.4, -0.2) is 34.3 Å². The summed E-state index contributed by atoms with van der Waals surface area (Å²) in [5, 5.41) is 2.99. The van der Waals surface area contributed by atoms with Crippen LogP contribution in [0.3, 0.4) is 0 Å². The van der Waals surface area contributed by atoms with Gasteiger partial charge < -0.3 is 5.32 Å². The zero-order valence-corrected chi connectivity index (χ0v) is 23.4. The van der Waals surface area contributed by atoms with Crippen LogP contribution in [0.1, 0.15) is 11.1 Å². The van der Waals surface area contributed by atoms with E-state index in [2.05, 4.69) is 15.0 Å². The van der Waals surface area contributed by atoms with Crippen molar-refractivity contribution < 1.29 is 21.6 Å². The van der Waals surface area contributed by atoms with Gasteiger partial charge in [0.15, 0.2) is 0 Å². The number of halogens is 1. The molecule has 39 heavy (non-hydrogen) atoms. The van der Waals surface area contributed by atoms with Gasteiger partial charge in [-0.25, -0.2) is 21.8 Å². The van der Waals surface area contributed by atoms with Crippen LogP contribution < -0.4 is 14.3 Å². The second-order valence-corrected chi connectivity index (χ2v) is 12.6. The van der Waals surface area contributed by atoms with Crippen LogP contribution in [0.5, 0.6) is 0 Å². The van der Waals surface area contributed by atoms with Gasteiger partial charge in [0.1, 0.15) is 12.4 Å². The Kier molecular flexibility index (Phi) is 8.24. The molecule has 0 saturated heterocycles. The lowest BCUT2D eigenvalue weighted by molar-refractivity contribution is -0.114. The number of sulfonamides is 2. The number of amides is 1. The van der Waals surface area contributed by atoms with E-state index in [-0.39, 0.29) is 27.0 Å². The minimum atomic E-state index is -4.13. The fourth-order valence-corrected chi connectivity index (χ4v) is 6.33. The predicted octanol–water partition coefficient (Wildman–Crippen LogP) is 4.99. The van der Waals surface area contributed by atoms with Crippen molar-refractivity contribution in [3.8, 4) is 0 Å². The third-order valence-corrected chi connectivity index (χ3v) is 9.31. The highest BCUT2D eigenvalue weighted by Gasteiger charge is 2.29. The number of nitrogens with one attached hydrogen (secondary N) is 2. The number of benzene rings is 3. The Balaban J connectivity index is 1.57. The summed E-state index contributed by atoms with van der Waals surface area (Å²) in [6.45, 7) is 2.97. The highest BCUT2D eigenvalue weighted by atomic mass is 35.5. The average Bonchev–Trinajstić information content (AvgIpc) is 2.90. The van der Waals surface area contributed by atoms with Gasteiger partial charge in [-0.05, 0) is 80.1 Å². The van der Waals surface area contributed by atoms with Crippen LogP contribution in [0, 0.1) is 13.8 Å². The molecule has 0 fully saturated rings. The Bertz CT molecular complexity index is 1700. The molecule has 12 heteroatoms. The van der Waals surface area contributed by atoms with Crippen molar-refractivity contribution in [2.24, 2.45) is 0 Å². The first-order valence-corrected chi connectivity index (χ1v) is 15.0. The van der Waals surface area contributed by atoms with Gasteiger partial charge in [0, 0.05) is 16.9 Å². The number of aromatic nitrogens is 1. The molecule has 4 rings (SSSR count). The lowest BCUT2D eigenvalue weighted by Crippen LogP contribution is -2.38. The van der Waals surface area contributed by atoms with Crippen molar-refractivity contribution in [2.75, 3.05) is 20.9 Å². The van der Waals surface area contributed by atoms with Crippen LogP contribution in [0.2, 0.25) is 5.02 Å². The molecule has 3 aromatic carbocycles. The van der Waals surface area contributed by atoms with E-state index >= 15 is 0 Å². The second-order valence-electron chi connectivity index (χ2n) is 8.60. The molecule has 0 aliphatic rings. The van der Waals surface area contributed by atoms with Crippen LogP contribution >= 0.6 is 11.6 Å². The van der Waals surface area contributed by atoms with Gasteiger partial charge in [0.05, 0.1) is 15.5 Å². The summed E-state index contributed by atoms with van der Waals surface area (Å²) < 4.78 is 55.9. The van der Waals surface area contributed by atoms with Crippen LogP contribution in [0.25, 0.3) is 0 Å². The number of nitrogens with zero attached hydrogens (tertiary/aromatic N) is 2. The Morgan fingerprint density at radius 1 is 0.846 bits per heavy atom. The van der Waals surface area contributed by atoms with Gasteiger partial charge in [-0.2, -0.15) is 0 Å². The molecule has 0 spiro atoms. The quantitative estimate of drug-likeness (QED) is 0.286. The Labute approximate surface area is 232 Å². The minimum absolute atomic E-state index is 0.0234. The Morgan fingerprint density at radius 2 is 1.51 bits per heavy atom. The van der Waals surface area contributed by atoms with E-state index in [1.165, 1.54) is 48.7 Å². The first kappa shape index (κ1) is 28.1. The standard InChI is InChI=1S/C27H25ClN4O5S2/c1-19-9-13-23(14-10-19)39(36,37)32(25-7-5-6-24(28)20(25)2)18-27(33)30-21-11-15-22(16-12-21)38(34,35)31-26-8-3-4-17-29-26/h3-17H,18H2,1-2H3,(H,29,31)(H,30,33). The third kappa shape index (κ3) is 6.56. The van der Waals surface area contributed by atoms with Gasteiger partial charge in [0.25, 0.3) is 20.0 Å². The Hall–Kier alpha value is -3.93. The van der Waals surface area contributed by atoms with Gasteiger partial charge in [-0.3, -0.25) is 13.8 Å². The largest absolute Gasteiger partial charge is 0.325 e. The predicted molar refractivity (Wildman–Crippen MR) is 152 cm³/mol. The minimum Gasteiger partial charge on any atom is -0.325 e. The number of carbonyl (C=O) groups excluding carboxylic acids is 1. The molecule has 4 aromatic rings. The van der Waals surface area contributed by atoms with Crippen molar-refractivity contribution in [1.29, 1.82) is 0 Å². The molecule has 2 N–H and O–H groups in total. The molecule has 1 heterocycles. The molecule has 0 saturated carbocycles. The first-order chi connectivity index (χ1) is 18.5. The van der Waals surface area contributed by atoms with Crippen LogP contribution in [0.4, 0.5) is 17.2 Å². The monoisotopic (exact) mass is 584 g/mol. The van der Waals surface area contributed by atoms with Crippen LogP contribution in [0.15, 0.2) is 101 Å². The Morgan fingerprint density at radius 3 is 2.15 bits per heavy atom. The molecule has 9 nitrogen and oxygen atoms in total. The molecule has 0 aliphatic carbocycles. The number of pyridine rings is 1. The molecule has 0 bridgehead atoms. The number of anilines is 3. The number of aryl methyl sites for hydroxylation is 1. The van der Waals surface area contributed by atoms with Gasteiger partial charge >= 0.3 is 0 Å². The zero-order valence-electron chi connectivity index (χ0n) is 21.0. The van der Waals surface area contributed by atoms with E-state index in [0.717, 1.165) is 9.87 Å². The van der Waals surface area contributed by atoms with Crippen molar-refractivity contribution in [3.05, 3.63) is 107 Å². The maximum atomic E-state index is 13.6. The molecular weight excluding hydrogens is 560 g/mol. The molecule has 0 unspecified atom stereocenters. The maximum absolute atomic E-state index is 13.6. The van der Waals surface area contributed by atoms with Crippen LogP contribution in [-0.2, 0) is 24.8 Å². The molecule has 1 amide bonds. The topological polar surface area (TPSA) is 126 Å². The summed E-state index contributed by atoms with van der Waals surface area (Å²) in [5.41, 5.74) is 1.93. The average molecular weight is 585 g/mol. The number of hydrogen-bond acceptors (Lipinski definition) is 6. The lowest BCUT2D eigenvalue weighted by atomic mass is 10.2. The van der Waals surface area contributed by atoms with Gasteiger partial charge in [-0.1, -0.05) is 41.4 Å². The fraction of sp³-hybridized carbons (Fsp3) is 0.111. The van der Waals surface area contributed by atoms with Crippen molar-refractivity contribution >= 4 is 54.7 Å². The molecule has 0 radical (unpaired) electrons. The number of rotatable bonds is 9. The second kappa shape index (κ2) is 11.4. The highest BCUT2D eigenvalue weighted by molar-refractivity contribution is 7.93. The molecule has 0 atom stereocenters. The van der Waals surface area contributed by atoms with Gasteiger partial charge in [-0.15, -0.1) is 0 Å². The summed E-state index contributed by atoms with van der Waals surface area (Å²) in [5.74, 6) is -0.464. The van der Waals surface area contributed by atoms with Crippen molar-refractivity contribution in [2.45, 2.75) is 23.6 Å². The maximum Gasteiger partial charge on any atom is 0.264 e. The molecule has 0 aliphatic heterocycles. The number of hydrogen-bond donors (Lipinski definition) is 2. The normalized spacial score (nSPS) is 11.6. The third-order valence-electron chi connectivity index (χ3n) is 5.76. The van der Waals surface area contributed by atoms with E-state index in [9.17, 15) is 21.6 Å². The van der Waals surface area contributed by atoms with Gasteiger partial charge in [0.2, 0.25) is 5.91 Å². The number of carbonyl (C=O) groups is 1. The highest BCUT2D eigenvalue weighted by Crippen LogP contribution is 2.31. The summed E-state index contributed by atoms with van der Waals surface area (Å²) in [4.78, 5) is 17.0. The summed E-state index contributed by atoms with van der Waals surface area (Å²) in [6, 6.07) is 21.4. The molecule has 202 valence electrons. The summed E-state index contributed by atoms with van der Waals surface area (Å²) in [7, 11) is -8.03. The van der Waals surface area contributed by atoms with E-state index in [0.29, 0.717) is 10.6 Å². The first-order valence-electron chi connectivity index (χ1n) is 11.7. The molecule has 1 aromatic heterocycles. The lowest BCUT2D eigenvalue weighted by Gasteiger charge is -2.26. The summed E-state index contributed by atoms with van der Waals surface area (Å²) >= 11 is 6.26. The van der Waals surface area contributed by atoms with E-state index in [1.54, 1.807) is 49.4 Å². The van der Waals surface area contributed by atoms with Crippen molar-refractivity contribution in [3.63, 3.8) is 0 Å². The van der Waals surface area contributed by atoms with E-state index < -0.39 is 32.5 Å². The zero-order chi connectivity index (χ0) is 28.2. The van der Waals surface area contributed by atoms with E-state index in [4.69, 9.17) is 11.6 Å². The fourth-order valence-electron chi connectivity index (χ4n) is 3.67. The summed E-state index contributed by atoms with van der Waals surface area (Å²) in [6.07, 6.45) is 1.46.